The van der Waals surface area contributed by atoms with E-state index in [9.17, 15) is 0 Å². The summed E-state index contributed by atoms with van der Waals surface area (Å²) in [6.07, 6.45) is 4.14. The Morgan fingerprint density at radius 1 is 1.60 bits per heavy atom. The number of nitrogen functional groups attached to an aromatic ring is 1. The normalized spacial score (nSPS) is 20.5. The van der Waals surface area contributed by atoms with E-state index in [1.54, 1.807) is 0 Å². The molecular weight excluding hydrogens is 208 g/mol. The van der Waals surface area contributed by atoms with Crippen molar-refractivity contribution < 1.29 is 0 Å². The van der Waals surface area contributed by atoms with Crippen LogP contribution in [-0.4, -0.2) is 27.5 Å². The lowest BCUT2D eigenvalue weighted by Gasteiger charge is -2.12. The fourth-order valence-electron chi connectivity index (χ4n) is 1.66. The van der Waals surface area contributed by atoms with Crippen LogP contribution >= 0.6 is 11.8 Å². The second-order valence-electron chi connectivity index (χ2n) is 3.75. The van der Waals surface area contributed by atoms with Gasteiger partial charge in [0, 0.05) is 17.4 Å². The third-order valence-electron chi connectivity index (χ3n) is 2.64. The first kappa shape index (κ1) is 10.5. The molecule has 2 rings (SSSR count). The number of anilines is 2. The summed E-state index contributed by atoms with van der Waals surface area (Å²) in [7, 11) is 0. The van der Waals surface area contributed by atoms with Crippen molar-refractivity contribution in [1.29, 1.82) is 0 Å². The zero-order chi connectivity index (χ0) is 10.7. The molecule has 0 spiro atoms. The Balaban J connectivity index is 1.95. The van der Waals surface area contributed by atoms with E-state index in [2.05, 4.69) is 15.3 Å². The summed E-state index contributed by atoms with van der Waals surface area (Å²) in [6.45, 7) is 2.92. The maximum atomic E-state index is 5.71. The molecule has 0 amide bonds. The molecule has 1 atom stereocenters. The minimum Gasteiger partial charge on any atom is -0.383 e. The van der Waals surface area contributed by atoms with E-state index in [0.717, 1.165) is 23.2 Å². The smallest absolute Gasteiger partial charge is 0.134 e. The van der Waals surface area contributed by atoms with Gasteiger partial charge in [0.1, 0.15) is 18.0 Å². The highest BCUT2D eigenvalue weighted by Gasteiger charge is 2.15. The third-order valence-corrected chi connectivity index (χ3v) is 4.04. The molecule has 0 aromatic carbocycles. The van der Waals surface area contributed by atoms with E-state index in [1.165, 1.54) is 24.9 Å². The van der Waals surface area contributed by atoms with Gasteiger partial charge < -0.3 is 11.1 Å². The predicted octanol–water partition coefficient (Wildman–Crippen LogP) is 1.67. The maximum absolute atomic E-state index is 5.71. The summed E-state index contributed by atoms with van der Waals surface area (Å²) in [6, 6.07) is 0. The number of thioether (sulfide) groups is 1. The quantitative estimate of drug-likeness (QED) is 0.817. The van der Waals surface area contributed by atoms with Crippen LogP contribution in [-0.2, 0) is 0 Å². The van der Waals surface area contributed by atoms with Crippen molar-refractivity contribution in [2.45, 2.75) is 25.0 Å². The first-order chi connectivity index (χ1) is 7.27. The molecule has 0 radical (unpaired) electrons. The topological polar surface area (TPSA) is 63.8 Å². The lowest BCUT2D eigenvalue weighted by atomic mass is 10.2. The Bertz CT molecular complexity index is 336. The Hall–Kier alpha value is -0.970. The average molecular weight is 224 g/mol. The number of nitrogens with one attached hydrogen (secondary N) is 1. The van der Waals surface area contributed by atoms with Crippen LogP contribution in [0.3, 0.4) is 0 Å². The highest BCUT2D eigenvalue weighted by Crippen LogP contribution is 2.26. The highest BCUT2D eigenvalue weighted by atomic mass is 32.2. The monoisotopic (exact) mass is 224 g/mol. The van der Waals surface area contributed by atoms with Crippen molar-refractivity contribution in [2.24, 2.45) is 0 Å². The zero-order valence-electron chi connectivity index (χ0n) is 8.86. The van der Waals surface area contributed by atoms with Crippen LogP contribution in [0.15, 0.2) is 6.33 Å². The van der Waals surface area contributed by atoms with E-state index >= 15 is 0 Å². The largest absolute Gasteiger partial charge is 0.383 e. The molecule has 2 heterocycles. The Kier molecular flexibility index (Phi) is 3.30. The van der Waals surface area contributed by atoms with Gasteiger partial charge in [0.2, 0.25) is 0 Å². The Morgan fingerprint density at radius 2 is 2.47 bits per heavy atom. The maximum Gasteiger partial charge on any atom is 0.134 e. The molecule has 5 heteroatoms. The minimum atomic E-state index is 0.562. The van der Waals surface area contributed by atoms with Crippen molar-refractivity contribution >= 4 is 23.4 Å². The van der Waals surface area contributed by atoms with E-state index in [0.29, 0.717) is 5.82 Å². The van der Waals surface area contributed by atoms with Crippen LogP contribution in [0.25, 0.3) is 0 Å². The van der Waals surface area contributed by atoms with E-state index in [1.807, 2.05) is 18.7 Å². The zero-order valence-corrected chi connectivity index (χ0v) is 9.68. The van der Waals surface area contributed by atoms with Gasteiger partial charge in [-0.2, -0.15) is 11.8 Å². The molecule has 1 saturated heterocycles. The van der Waals surface area contributed by atoms with Crippen LogP contribution < -0.4 is 11.1 Å². The van der Waals surface area contributed by atoms with Crippen LogP contribution in [0.4, 0.5) is 11.6 Å². The van der Waals surface area contributed by atoms with Gasteiger partial charge in [-0.15, -0.1) is 0 Å². The number of aromatic nitrogens is 2. The predicted molar refractivity (Wildman–Crippen MR) is 65.2 cm³/mol. The molecule has 1 aliphatic heterocycles. The summed E-state index contributed by atoms with van der Waals surface area (Å²) in [5.74, 6) is 2.72. The summed E-state index contributed by atoms with van der Waals surface area (Å²) in [5.41, 5.74) is 6.65. The lowest BCUT2D eigenvalue weighted by Crippen LogP contribution is -2.15. The molecule has 15 heavy (non-hydrogen) atoms. The molecule has 1 aromatic heterocycles. The number of hydrogen-bond donors (Lipinski definition) is 2. The van der Waals surface area contributed by atoms with E-state index in [-0.39, 0.29) is 0 Å². The first-order valence-corrected chi connectivity index (χ1v) is 6.25. The number of nitrogens with zero attached hydrogens (tertiary/aromatic N) is 2. The molecule has 82 valence electrons. The van der Waals surface area contributed by atoms with Crippen molar-refractivity contribution in [3.63, 3.8) is 0 Å². The number of rotatable bonds is 3. The summed E-state index contributed by atoms with van der Waals surface area (Å²) in [5, 5.41) is 4.07. The second kappa shape index (κ2) is 4.70. The molecule has 0 aliphatic carbocycles. The highest BCUT2D eigenvalue weighted by molar-refractivity contribution is 8.00. The minimum absolute atomic E-state index is 0.562. The lowest BCUT2D eigenvalue weighted by molar-refractivity contribution is 0.802. The first-order valence-electron chi connectivity index (χ1n) is 5.20. The Labute approximate surface area is 94.1 Å². The van der Waals surface area contributed by atoms with Crippen LogP contribution in [0, 0.1) is 6.92 Å². The SMILES string of the molecule is Cc1c(N)ncnc1NCC1CCCS1. The molecule has 1 aliphatic rings. The molecule has 3 N–H and O–H groups in total. The summed E-state index contributed by atoms with van der Waals surface area (Å²) < 4.78 is 0. The fraction of sp³-hybridized carbons (Fsp3) is 0.600. The molecule has 1 fully saturated rings. The summed E-state index contributed by atoms with van der Waals surface area (Å²) in [4.78, 5) is 8.13. The average Bonchev–Trinajstić information content (AvgIpc) is 2.73. The van der Waals surface area contributed by atoms with E-state index in [4.69, 9.17) is 5.73 Å². The standard InChI is InChI=1S/C10H16N4S/c1-7-9(11)13-6-14-10(7)12-5-8-3-2-4-15-8/h6,8H,2-5H2,1H3,(H3,11,12,13,14). The van der Waals surface area contributed by atoms with Gasteiger partial charge in [-0.25, -0.2) is 9.97 Å². The van der Waals surface area contributed by atoms with Crippen molar-refractivity contribution in [1.82, 2.24) is 9.97 Å². The molecule has 1 aromatic rings. The number of nitrogens with two attached hydrogens (primary N) is 1. The van der Waals surface area contributed by atoms with Crippen LogP contribution in [0.5, 0.6) is 0 Å². The third kappa shape index (κ3) is 2.53. The summed E-state index contributed by atoms with van der Waals surface area (Å²) >= 11 is 2.03. The molecule has 1 unspecified atom stereocenters. The fourth-order valence-corrected chi connectivity index (χ4v) is 2.86. The van der Waals surface area contributed by atoms with Crippen molar-refractivity contribution in [2.75, 3.05) is 23.3 Å². The van der Waals surface area contributed by atoms with Crippen molar-refractivity contribution in [3.05, 3.63) is 11.9 Å². The van der Waals surface area contributed by atoms with Gasteiger partial charge in [-0.05, 0) is 25.5 Å². The Morgan fingerprint density at radius 3 is 3.20 bits per heavy atom. The molecule has 4 nitrogen and oxygen atoms in total. The molecule has 0 saturated carbocycles. The van der Waals surface area contributed by atoms with Gasteiger partial charge in [-0.3, -0.25) is 0 Å². The molecule has 0 bridgehead atoms. The van der Waals surface area contributed by atoms with Crippen molar-refractivity contribution in [3.8, 4) is 0 Å². The van der Waals surface area contributed by atoms with E-state index < -0.39 is 0 Å². The molecular formula is C10H16N4S. The van der Waals surface area contributed by atoms with Gasteiger partial charge in [0.05, 0.1) is 0 Å². The van der Waals surface area contributed by atoms with Crippen LogP contribution in [0.1, 0.15) is 18.4 Å². The van der Waals surface area contributed by atoms with Crippen LogP contribution in [0.2, 0.25) is 0 Å². The van der Waals surface area contributed by atoms with Gasteiger partial charge in [-0.1, -0.05) is 0 Å². The number of hydrogen-bond acceptors (Lipinski definition) is 5. The van der Waals surface area contributed by atoms with Gasteiger partial charge in [0.15, 0.2) is 0 Å². The second-order valence-corrected chi connectivity index (χ2v) is 5.16. The van der Waals surface area contributed by atoms with Gasteiger partial charge >= 0.3 is 0 Å². The van der Waals surface area contributed by atoms with Gasteiger partial charge in [0.25, 0.3) is 0 Å².